The number of thioether (sulfide) groups is 1. The van der Waals surface area contributed by atoms with Gasteiger partial charge in [0.25, 0.3) is 5.91 Å². The highest BCUT2D eigenvalue weighted by atomic mass is 32.2. The number of aliphatic imine (C=N–C) groups is 1. The molecule has 2 heterocycles. The highest BCUT2D eigenvalue weighted by Crippen LogP contribution is 2.33. The molecular formula is C23H22N4O5S2. The Kier molecular flexibility index (Phi) is 6.85. The third-order valence-electron chi connectivity index (χ3n) is 4.77. The molecule has 0 radical (unpaired) electrons. The van der Waals surface area contributed by atoms with E-state index in [2.05, 4.69) is 10.1 Å². The van der Waals surface area contributed by atoms with Gasteiger partial charge >= 0.3 is 10.1 Å². The van der Waals surface area contributed by atoms with Crippen molar-refractivity contribution in [1.29, 1.82) is 5.41 Å². The zero-order chi connectivity index (χ0) is 24.3. The van der Waals surface area contributed by atoms with Crippen molar-refractivity contribution in [2.45, 2.75) is 31.6 Å². The van der Waals surface area contributed by atoms with Crippen LogP contribution >= 0.6 is 11.8 Å². The van der Waals surface area contributed by atoms with E-state index in [4.69, 9.17) is 14.3 Å². The van der Waals surface area contributed by atoms with Crippen LogP contribution in [0, 0.1) is 5.41 Å². The standard InChI is InChI=1S/C23H22N4O5S2/c1-3-8-20-26-27-21(24)17(22(28)25-23(27)33-20)13-15-11-12-18(19(14-15)31-4-2)32-34(29,30)16-9-6-5-7-10-16/h5-7,9-14,24H,3-4,8H2,1-2H3/b17-13-,24-21?. The van der Waals surface area contributed by atoms with Crippen LogP contribution in [0.3, 0.4) is 0 Å². The summed E-state index contributed by atoms with van der Waals surface area (Å²) in [5.74, 6) is -0.404. The van der Waals surface area contributed by atoms with E-state index in [0.29, 0.717) is 10.7 Å². The lowest BCUT2D eigenvalue weighted by Crippen LogP contribution is -2.35. The molecule has 0 atom stereocenters. The Morgan fingerprint density at radius 2 is 1.88 bits per heavy atom. The van der Waals surface area contributed by atoms with E-state index in [1.54, 1.807) is 37.3 Å². The molecule has 0 aliphatic carbocycles. The third-order valence-corrected chi connectivity index (χ3v) is 6.99. The van der Waals surface area contributed by atoms with Gasteiger partial charge in [-0.25, -0.2) is 0 Å². The number of carbonyl (C=O) groups is 1. The molecule has 176 valence electrons. The highest BCUT2D eigenvalue weighted by molar-refractivity contribution is 8.26. The average Bonchev–Trinajstić information content (AvgIpc) is 3.21. The van der Waals surface area contributed by atoms with Gasteiger partial charge in [0.2, 0.25) is 5.17 Å². The van der Waals surface area contributed by atoms with Crippen molar-refractivity contribution in [3.8, 4) is 11.5 Å². The van der Waals surface area contributed by atoms with Gasteiger partial charge in [-0.15, -0.1) is 0 Å². The molecule has 11 heteroatoms. The number of nitrogens with zero attached hydrogens (tertiary/aromatic N) is 3. The first-order valence-corrected chi connectivity index (χ1v) is 12.8. The molecule has 1 amide bonds. The number of amidine groups is 2. The average molecular weight is 499 g/mol. The van der Waals surface area contributed by atoms with E-state index in [9.17, 15) is 13.2 Å². The fourth-order valence-corrected chi connectivity index (χ4v) is 5.17. The Bertz CT molecular complexity index is 1330. The smallest absolute Gasteiger partial charge is 0.339 e. The molecule has 0 saturated heterocycles. The largest absolute Gasteiger partial charge is 0.490 e. The van der Waals surface area contributed by atoms with Crippen molar-refractivity contribution in [3.63, 3.8) is 0 Å². The van der Waals surface area contributed by atoms with Crippen molar-refractivity contribution in [1.82, 2.24) is 5.01 Å². The van der Waals surface area contributed by atoms with Crippen molar-refractivity contribution in [2.75, 3.05) is 6.61 Å². The van der Waals surface area contributed by atoms with Crippen LogP contribution in [0.4, 0.5) is 0 Å². The third kappa shape index (κ3) is 4.90. The first-order chi connectivity index (χ1) is 16.3. The van der Waals surface area contributed by atoms with Crippen molar-refractivity contribution in [3.05, 3.63) is 59.7 Å². The zero-order valence-electron chi connectivity index (χ0n) is 18.5. The van der Waals surface area contributed by atoms with Gasteiger partial charge in [0.05, 0.1) is 12.2 Å². The minimum atomic E-state index is -4.06. The second kappa shape index (κ2) is 9.82. The van der Waals surface area contributed by atoms with E-state index in [1.165, 1.54) is 41.0 Å². The summed E-state index contributed by atoms with van der Waals surface area (Å²) >= 11 is 1.29. The zero-order valence-corrected chi connectivity index (χ0v) is 20.1. The summed E-state index contributed by atoms with van der Waals surface area (Å²) in [5, 5.41) is 15.4. The number of rotatable bonds is 8. The first kappa shape index (κ1) is 23.7. The van der Waals surface area contributed by atoms with Crippen LogP contribution in [0.1, 0.15) is 32.3 Å². The van der Waals surface area contributed by atoms with E-state index in [-0.39, 0.29) is 34.4 Å². The summed E-state index contributed by atoms with van der Waals surface area (Å²) < 4.78 is 36.2. The maximum absolute atomic E-state index is 12.6. The van der Waals surface area contributed by atoms with Gasteiger partial charge in [-0.2, -0.15) is 23.5 Å². The summed E-state index contributed by atoms with van der Waals surface area (Å²) in [6.45, 7) is 4.05. The lowest BCUT2D eigenvalue weighted by atomic mass is 10.1. The summed E-state index contributed by atoms with van der Waals surface area (Å²) in [4.78, 5) is 16.7. The summed E-state index contributed by atoms with van der Waals surface area (Å²) in [6.07, 6.45) is 3.14. The predicted octanol–water partition coefficient (Wildman–Crippen LogP) is 4.27. The molecule has 0 saturated carbocycles. The van der Waals surface area contributed by atoms with E-state index >= 15 is 0 Å². The van der Waals surface area contributed by atoms with Crippen LogP contribution in [0.2, 0.25) is 0 Å². The van der Waals surface area contributed by atoms with E-state index in [0.717, 1.165) is 17.9 Å². The van der Waals surface area contributed by atoms with E-state index in [1.807, 2.05) is 6.92 Å². The van der Waals surface area contributed by atoms with Crippen LogP contribution in [-0.2, 0) is 14.9 Å². The normalized spacial score (nSPS) is 16.9. The number of carbonyl (C=O) groups excluding carboxylic acids is 1. The fraction of sp³-hybridized carbons (Fsp3) is 0.217. The monoisotopic (exact) mass is 498 g/mol. The Hall–Kier alpha value is -3.44. The minimum Gasteiger partial charge on any atom is -0.490 e. The lowest BCUT2D eigenvalue weighted by molar-refractivity contribution is -0.114. The van der Waals surface area contributed by atoms with Crippen LogP contribution in [0.5, 0.6) is 11.5 Å². The van der Waals surface area contributed by atoms with Crippen molar-refractivity contribution in [2.24, 2.45) is 10.1 Å². The highest BCUT2D eigenvalue weighted by Gasteiger charge is 2.35. The number of hydrazone groups is 1. The van der Waals surface area contributed by atoms with Gasteiger partial charge in [-0.1, -0.05) is 31.2 Å². The minimum absolute atomic E-state index is 0.0166. The fourth-order valence-electron chi connectivity index (χ4n) is 3.22. The molecule has 4 rings (SSSR count). The SMILES string of the molecule is CCCC1=NN2C(=N)/C(=C/c3ccc(OS(=O)(=O)c4ccccc4)c(OCC)c3)C(=O)N=C2S1. The molecule has 0 fully saturated rings. The van der Waals surface area contributed by atoms with Gasteiger partial charge in [0, 0.05) is 0 Å². The quantitative estimate of drug-likeness (QED) is 0.426. The summed E-state index contributed by atoms with van der Waals surface area (Å²) in [6, 6.07) is 12.4. The van der Waals surface area contributed by atoms with Gasteiger partial charge in [0.15, 0.2) is 17.3 Å². The Morgan fingerprint density at radius 3 is 2.59 bits per heavy atom. The van der Waals surface area contributed by atoms with Crippen molar-refractivity contribution >= 4 is 49.9 Å². The Morgan fingerprint density at radius 1 is 1.12 bits per heavy atom. The maximum atomic E-state index is 12.6. The number of hydrogen-bond donors (Lipinski definition) is 1. The van der Waals surface area contributed by atoms with Crippen LogP contribution < -0.4 is 8.92 Å². The van der Waals surface area contributed by atoms with Gasteiger partial charge in [-0.05, 0) is 67.4 Å². The molecule has 34 heavy (non-hydrogen) atoms. The Balaban J connectivity index is 1.64. The predicted molar refractivity (Wildman–Crippen MR) is 132 cm³/mol. The molecule has 9 nitrogen and oxygen atoms in total. The molecule has 0 unspecified atom stereocenters. The number of fused-ring (bicyclic) bond motifs is 1. The second-order valence-corrected chi connectivity index (χ2v) is 9.84. The lowest BCUT2D eigenvalue weighted by Gasteiger charge is -2.20. The van der Waals surface area contributed by atoms with Crippen LogP contribution in [-0.4, -0.2) is 42.0 Å². The molecular weight excluding hydrogens is 476 g/mol. The first-order valence-electron chi connectivity index (χ1n) is 10.6. The van der Waals surface area contributed by atoms with E-state index < -0.39 is 16.0 Å². The Labute approximate surface area is 201 Å². The number of nitrogens with one attached hydrogen (secondary N) is 1. The van der Waals surface area contributed by atoms with Crippen molar-refractivity contribution < 1.29 is 22.1 Å². The molecule has 2 aromatic carbocycles. The maximum Gasteiger partial charge on any atom is 0.339 e. The number of amides is 1. The van der Waals surface area contributed by atoms with Crippen LogP contribution in [0.25, 0.3) is 6.08 Å². The number of benzene rings is 2. The molecule has 1 N–H and O–H groups in total. The van der Waals surface area contributed by atoms with Gasteiger partial charge < -0.3 is 8.92 Å². The van der Waals surface area contributed by atoms with Gasteiger partial charge in [0.1, 0.15) is 9.94 Å². The molecule has 2 aromatic rings. The topological polar surface area (TPSA) is 121 Å². The van der Waals surface area contributed by atoms with Gasteiger partial charge in [-0.3, -0.25) is 10.2 Å². The summed E-state index contributed by atoms with van der Waals surface area (Å²) in [7, 11) is -4.06. The summed E-state index contributed by atoms with van der Waals surface area (Å²) in [5.41, 5.74) is 0.586. The number of hydrogen-bond acceptors (Lipinski definition) is 8. The molecule has 0 spiro atoms. The second-order valence-electron chi connectivity index (χ2n) is 7.25. The molecule has 2 aliphatic rings. The van der Waals surface area contributed by atoms with Crippen LogP contribution in [0.15, 0.2) is 69.1 Å². The molecule has 0 aromatic heterocycles. The molecule has 0 bridgehead atoms. The molecule has 2 aliphatic heterocycles. The number of ether oxygens (including phenoxy) is 1.